The maximum Gasteiger partial charge on any atom is 0.291 e. The van der Waals surface area contributed by atoms with Gasteiger partial charge in [-0.25, -0.2) is 0 Å². The van der Waals surface area contributed by atoms with Gasteiger partial charge in [0.1, 0.15) is 18.1 Å². The molecule has 1 amide bonds. The lowest BCUT2D eigenvalue weighted by atomic mass is 10.1. The average molecular weight is 415 g/mol. The van der Waals surface area contributed by atoms with E-state index >= 15 is 0 Å². The van der Waals surface area contributed by atoms with Crippen molar-refractivity contribution in [3.05, 3.63) is 90.4 Å². The van der Waals surface area contributed by atoms with E-state index in [-0.39, 0.29) is 18.3 Å². The number of fused-ring (bicyclic) bond motifs is 1. The molecule has 1 N–H and O–H groups in total. The van der Waals surface area contributed by atoms with Gasteiger partial charge in [0.2, 0.25) is 0 Å². The molecule has 0 bridgehead atoms. The summed E-state index contributed by atoms with van der Waals surface area (Å²) < 4.78 is 11.6. The number of nitrogens with zero attached hydrogens (tertiary/aromatic N) is 1. The number of amides is 1. The van der Waals surface area contributed by atoms with Crippen molar-refractivity contribution in [2.75, 3.05) is 23.3 Å². The number of hydrogen-bond acceptors (Lipinski definition) is 4. The van der Waals surface area contributed by atoms with Gasteiger partial charge in [0, 0.05) is 29.9 Å². The van der Waals surface area contributed by atoms with Crippen molar-refractivity contribution in [2.45, 2.75) is 20.5 Å². The van der Waals surface area contributed by atoms with Crippen LogP contribution in [-0.4, -0.2) is 19.0 Å². The number of hydrogen-bond donors (Lipinski definition) is 1. The summed E-state index contributed by atoms with van der Waals surface area (Å²) >= 11 is 0. The highest BCUT2D eigenvalue weighted by molar-refractivity contribution is 6.02. The lowest BCUT2D eigenvalue weighted by Gasteiger charge is -2.21. The van der Waals surface area contributed by atoms with Crippen LogP contribution in [0.1, 0.15) is 30.2 Å². The SMILES string of the molecule is CCN(CC)c1ccc(NC(=O)c2ccc(COc3cccc4ccccc34)o2)cc1. The van der Waals surface area contributed by atoms with Crippen LogP contribution in [0.3, 0.4) is 0 Å². The third-order valence-corrected chi connectivity index (χ3v) is 5.26. The molecule has 5 heteroatoms. The Morgan fingerprint density at radius 1 is 0.903 bits per heavy atom. The second-order valence-electron chi connectivity index (χ2n) is 7.21. The minimum absolute atomic E-state index is 0.250. The Balaban J connectivity index is 1.38. The normalized spacial score (nSPS) is 10.8. The second kappa shape index (κ2) is 9.39. The van der Waals surface area contributed by atoms with Crippen molar-refractivity contribution in [1.82, 2.24) is 0 Å². The first-order valence-corrected chi connectivity index (χ1v) is 10.5. The quantitative estimate of drug-likeness (QED) is 0.378. The Morgan fingerprint density at radius 3 is 2.42 bits per heavy atom. The van der Waals surface area contributed by atoms with Crippen LogP contribution < -0.4 is 15.0 Å². The summed E-state index contributed by atoms with van der Waals surface area (Å²) in [6.07, 6.45) is 0. The van der Waals surface area contributed by atoms with Gasteiger partial charge in [0.15, 0.2) is 5.76 Å². The van der Waals surface area contributed by atoms with Gasteiger partial charge in [-0.2, -0.15) is 0 Å². The molecule has 158 valence electrons. The van der Waals surface area contributed by atoms with Crippen molar-refractivity contribution >= 4 is 28.1 Å². The summed E-state index contributed by atoms with van der Waals surface area (Å²) in [5, 5.41) is 5.04. The topological polar surface area (TPSA) is 54.7 Å². The summed E-state index contributed by atoms with van der Waals surface area (Å²) in [6, 6.07) is 25.3. The van der Waals surface area contributed by atoms with E-state index in [4.69, 9.17) is 9.15 Å². The number of rotatable bonds is 8. The fraction of sp³-hybridized carbons (Fsp3) is 0.192. The largest absolute Gasteiger partial charge is 0.485 e. The third kappa shape index (κ3) is 4.72. The lowest BCUT2D eigenvalue weighted by Crippen LogP contribution is -2.21. The van der Waals surface area contributed by atoms with Gasteiger partial charge in [-0.05, 0) is 61.7 Å². The van der Waals surface area contributed by atoms with Crippen LogP contribution in [0.25, 0.3) is 10.8 Å². The molecule has 0 spiro atoms. The molecule has 0 fully saturated rings. The summed E-state index contributed by atoms with van der Waals surface area (Å²) in [5.41, 5.74) is 1.86. The Labute approximate surface area is 182 Å². The molecule has 3 aromatic carbocycles. The smallest absolute Gasteiger partial charge is 0.291 e. The lowest BCUT2D eigenvalue weighted by molar-refractivity contribution is 0.0992. The first-order valence-electron chi connectivity index (χ1n) is 10.5. The van der Waals surface area contributed by atoms with E-state index in [0.29, 0.717) is 5.76 Å². The van der Waals surface area contributed by atoms with Gasteiger partial charge < -0.3 is 19.4 Å². The summed E-state index contributed by atoms with van der Waals surface area (Å²) in [6.45, 7) is 6.38. The molecule has 31 heavy (non-hydrogen) atoms. The van der Waals surface area contributed by atoms with Crippen molar-refractivity contribution in [3.63, 3.8) is 0 Å². The second-order valence-corrected chi connectivity index (χ2v) is 7.21. The third-order valence-electron chi connectivity index (χ3n) is 5.26. The zero-order valence-corrected chi connectivity index (χ0v) is 17.8. The first kappa shape index (κ1) is 20.5. The molecule has 0 unspecified atom stereocenters. The van der Waals surface area contributed by atoms with Crippen LogP contribution in [0.4, 0.5) is 11.4 Å². The van der Waals surface area contributed by atoms with Crippen molar-refractivity contribution in [1.29, 1.82) is 0 Å². The highest BCUT2D eigenvalue weighted by Crippen LogP contribution is 2.26. The molecule has 0 saturated heterocycles. The number of benzene rings is 3. The van der Waals surface area contributed by atoms with Gasteiger partial charge in [-0.3, -0.25) is 4.79 Å². The molecule has 0 saturated carbocycles. The first-order chi connectivity index (χ1) is 15.2. The molecule has 4 aromatic rings. The van der Waals surface area contributed by atoms with Gasteiger partial charge in [-0.1, -0.05) is 36.4 Å². The molecule has 0 atom stereocenters. The van der Waals surface area contributed by atoms with Gasteiger partial charge in [-0.15, -0.1) is 0 Å². The van der Waals surface area contributed by atoms with Gasteiger partial charge in [0.05, 0.1) is 0 Å². The number of carbonyl (C=O) groups is 1. The Morgan fingerprint density at radius 2 is 1.65 bits per heavy atom. The maximum atomic E-state index is 12.6. The van der Waals surface area contributed by atoms with E-state index in [1.807, 2.05) is 66.7 Å². The van der Waals surface area contributed by atoms with Crippen molar-refractivity contribution in [2.24, 2.45) is 0 Å². The molecule has 1 aromatic heterocycles. The van der Waals surface area contributed by atoms with E-state index in [0.717, 1.165) is 41.0 Å². The number of anilines is 2. The number of furan rings is 1. The van der Waals surface area contributed by atoms with Crippen LogP contribution in [0.2, 0.25) is 0 Å². The molecule has 0 radical (unpaired) electrons. The maximum absolute atomic E-state index is 12.6. The highest BCUT2D eigenvalue weighted by atomic mass is 16.5. The van der Waals surface area contributed by atoms with E-state index in [2.05, 4.69) is 24.1 Å². The summed E-state index contributed by atoms with van der Waals surface area (Å²) in [5.74, 6) is 1.35. The van der Waals surface area contributed by atoms with Crippen LogP contribution >= 0.6 is 0 Å². The number of ether oxygens (including phenoxy) is 1. The van der Waals surface area contributed by atoms with E-state index in [1.54, 1.807) is 12.1 Å². The molecule has 0 aliphatic heterocycles. The Bertz CT molecular complexity index is 1160. The zero-order valence-electron chi connectivity index (χ0n) is 17.8. The van der Waals surface area contributed by atoms with Crippen LogP contribution in [0.5, 0.6) is 5.75 Å². The molecule has 0 aliphatic carbocycles. The summed E-state index contributed by atoms with van der Waals surface area (Å²) in [4.78, 5) is 14.8. The number of carbonyl (C=O) groups excluding carboxylic acids is 1. The molecule has 4 rings (SSSR count). The molecule has 0 aliphatic rings. The van der Waals surface area contributed by atoms with E-state index < -0.39 is 0 Å². The van der Waals surface area contributed by atoms with E-state index in [1.165, 1.54) is 0 Å². The monoisotopic (exact) mass is 414 g/mol. The van der Waals surface area contributed by atoms with Gasteiger partial charge >= 0.3 is 0 Å². The van der Waals surface area contributed by atoms with Gasteiger partial charge in [0.25, 0.3) is 5.91 Å². The zero-order chi connectivity index (χ0) is 21.6. The minimum atomic E-state index is -0.285. The molecule has 1 heterocycles. The standard InChI is InChI=1S/C26H26N2O3/c1-3-28(4-2)21-14-12-20(13-15-21)27-26(29)25-17-16-22(31-25)18-30-24-11-7-9-19-8-5-6-10-23(19)24/h5-17H,3-4,18H2,1-2H3,(H,27,29). The van der Waals surface area contributed by atoms with E-state index in [9.17, 15) is 4.79 Å². The minimum Gasteiger partial charge on any atom is -0.485 e. The predicted octanol–water partition coefficient (Wildman–Crippen LogP) is 6.11. The van der Waals surface area contributed by atoms with Crippen LogP contribution in [0, 0.1) is 0 Å². The highest BCUT2D eigenvalue weighted by Gasteiger charge is 2.13. The Kier molecular flexibility index (Phi) is 6.22. The molecule has 5 nitrogen and oxygen atoms in total. The van der Waals surface area contributed by atoms with Crippen molar-refractivity contribution in [3.8, 4) is 5.75 Å². The summed E-state index contributed by atoms with van der Waals surface area (Å²) in [7, 11) is 0. The van der Waals surface area contributed by atoms with Crippen LogP contribution in [0.15, 0.2) is 83.3 Å². The average Bonchev–Trinajstić information content (AvgIpc) is 3.29. The molecular formula is C26H26N2O3. The van der Waals surface area contributed by atoms with Crippen molar-refractivity contribution < 1.29 is 13.9 Å². The fourth-order valence-corrected chi connectivity index (χ4v) is 3.58. The number of nitrogens with one attached hydrogen (secondary N) is 1. The molecular weight excluding hydrogens is 388 g/mol. The fourth-order valence-electron chi connectivity index (χ4n) is 3.58. The van der Waals surface area contributed by atoms with Crippen LogP contribution in [-0.2, 0) is 6.61 Å². The Hall–Kier alpha value is -3.73. The predicted molar refractivity (Wildman–Crippen MR) is 125 cm³/mol.